The molecule has 0 saturated heterocycles. The topological polar surface area (TPSA) is 40.9 Å². The van der Waals surface area contributed by atoms with Crippen LogP contribution < -0.4 is 35.2 Å². The largest absolute Gasteiger partial charge is 4.00 e. The second-order valence-corrected chi connectivity index (χ2v) is 8.36. The van der Waals surface area contributed by atoms with E-state index in [0.717, 1.165) is 9.52 Å². The molecule has 1 N–H and O–H groups in total. The maximum absolute atomic E-state index is 9.48. The molecule has 6 heteroatoms. The van der Waals surface area contributed by atoms with Crippen LogP contribution in [0.15, 0.2) is 115 Å². The van der Waals surface area contributed by atoms with Crippen LogP contribution in [0.3, 0.4) is 0 Å². The molecule has 0 spiro atoms. The van der Waals surface area contributed by atoms with Gasteiger partial charge in [-0.15, -0.1) is 39.7 Å². The molecular weight excluding hydrogens is 644 g/mol. The number of fused-ring (bicyclic) bond motifs is 3. The number of carbonyl (C=O) groups excluding carboxylic acids is 1. The van der Waals surface area contributed by atoms with Gasteiger partial charge in [0, 0.05) is 5.91 Å². The molecule has 170 valence electrons. The maximum Gasteiger partial charge on any atom is 4.00 e. The summed E-state index contributed by atoms with van der Waals surface area (Å²) in [5.74, 6) is -0.495. The van der Waals surface area contributed by atoms with Crippen LogP contribution in [0, 0.1) is 0 Å². The molecule has 0 aliphatic rings. The van der Waals surface area contributed by atoms with E-state index in [2.05, 4.69) is 115 Å². The number of rotatable bonds is 3. The maximum atomic E-state index is 9.48. The summed E-state index contributed by atoms with van der Waals surface area (Å²) < 4.78 is 0. The molecule has 0 heterocycles. The second-order valence-electron chi connectivity index (χ2n) is 6.95. The Labute approximate surface area is 235 Å². The zero-order chi connectivity index (χ0) is 21.9. The third-order valence-corrected chi connectivity index (χ3v) is 5.92. The third kappa shape index (κ3) is 10.0. The summed E-state index contributed by atoms with van der Waals surface area (Å²) in [5.41, 5.74) is 6.19. The molecule has 0 aliphatic carbocycles. The molecule has 0 fully saturated rings. The van der Waals surface area contributed by atoms with Crippen LogP contribution in [-0.4, -0.2) is 15.4 Å². The van der Waals surface area contributed by atoms with Crippen molar-refractivity contribution in [3.05, 3.63) is 121 Å². The van der Waals surface area contributed by atoms with Crippen LogP contribution >= 0.6 is 0 Å². The summed E-state index contributed by atoms with van der Waals surface area (Å²) in [4.78, 5) is 9.48. The predicted molar refractivity (Wildman–Crippen MR) is 135 cm³/mol. The van der Waals surface area contributed by atoms with Crippen LogP contribution in [0.4, 0.5) is 0 Å². The van der Waals surface area contributed by atoms with Gasteiger partial charge >= 0.3 is 25.8 Å². The molecule has 34 heavy (non-hydrogen) atoms. The minimum absolute atomic E-state index is 0. The van der Waals surface area contributed by atoms with E-state index in [0.29, 0.717) is 6.42 Å². The van der Waals surface area contributed by atoms with Crippen molar-refractivity contribution in [2.45, 2.75) is 13.3 Å². The quantitative estimate of drug-likeness (QED) is 0.198. The van der Waals surface area contributed by atoms with Gasteiger partial charge in [0.05, 0.1) is 0 Å². The zero-order valence-corrected chi connectivity index (χ0v) is 24.9. The number of hydrogen-bond acceptors (Lipinski definition) is 1. The fraction of sp³-hybridized carbons (Fsp3) is 0.0714. The second kappa shape index (κ2) is 17.3. The van der Waals surface area contributed by atoms with E-state index >= 15 is 0 Å². The Morgan fingerprint density at radius 2 is 1.00 bits per heavy atom. The Hall–Kier alpha value is -2.11. The number of hydrogen-bond donors (Lipinski definition) is 0. The number of nitrogens with one attached hydrogen (secondary N) is 1. The summed E-state index contributed by atoms with van der Waals surface area (Å²) in [7, 11) is 0.777. The Morgan fingerprint density at radius 1 is 0.676 bits per heavy atom. The monoisotopic (exact) mass is 669 g/mol. The minimum Gasteiger partial charge on any atom is -1.00 e. The SMILES string of the molecule is CCC([NH-])=O.[Cl-].[Cl-].[Hf+4].c1ccc([Si]c2ccccc2)cc1.c1ccc2c(c1)[cH-]c1ccccc12. The van der Waals surface area contributed by atoms with Gasteiger partial charge in [-0.2, -0.15) is 0 Å². The predicted octanol–water partition coefficient (Wildman–Crippen LogP) is 0.0342. The molecule has 1 amide bonds. The molecule has 5 rings (SSSR count). The van der Waals surface area contributed by atoms with Gasteiger partial charge in [-0.25, -0.2) is 0 Å². The third-order valence-electron chi connectivity index (χ3n) is 4.68. The standard InChI is InChI=1S/C13H9.C12H10Si.C3H7NO.2ClH.Hf/c1-3-7-12-10(5-1)9-11-6-2-4-8-13(11)12;1-3-7-11(8-4-1)13-12-9-5-2-6-10-12;1-2-3(4)5;;;/h1-9H;1-10H;2H2,1H3,(H2,4,5);2*1H;/q-1;;;;;+4/p-3. The smallest absolute Gasteiger partial charge is 1.00 e. The Kier molecular flexibility index (Phi) is 16.3. The fourth-order valence-electron chi connectivity index (χ4n) is 3.11. The van der Waals surface area contributed by atoms with E-state index in [1.807, 2.05) is 0 Å². The Morgan fingerprint density at radius 3 is 1.35 bits per heavy atom. The van der Waals surface area contributed by atoms with Crippen molar-refractivity contribution in [1.29, 1.82) is 0 Å². The Bertz CT molecular complexity index is 1140. The average molecular weight is 669 g/mol. The summed E-state index contributed by atoms with van der Waals surface area (Å²) in [5, 5.41) is 8.19. The van der Waals surface area contributed by atoms with Crippen molar-refractivity contribution in [3.63, 3.8) is 0 Å². The van der Waals surface area contributed by atoms with E-state index in [-0.39, 0.29) is 50.7 Å². The van der Waals surface area contributed by atoms with E-state index < -0.39 is 5.91 Å². The van der Waals surface area contributed by atoms with Gasteiger partial charge in [0.2, 0.25) is 0 Å². The van der Waals surface area contributed by atoms with Gasteiger partial charge in [-0.3, -0.25) is 0 Å². The van der Waals surface area contributed by atoms with Gasteiger partial charge in [-0.05, 0) is 6.42 Å². The molecule has 0 aromatic heterocycles. The van der Waals surface area contributed by atoms with Gasteiger partial charge < -0.3 is 35.3 Å². The van der Waals surface area contributed by atoms with Gasteiger partial charge in [0.25, 0.3) is 0 Å². The van der Waals surface area contributed by atoms with Crippen LogP contribution in [0.25, 0.3) is 27.3 Å². The molecule has 2 radical (unpaired) electrons. The van der Waals surface area contributed by atoms with Crippen LogP contribution in [0.2, 0.25) is 0 Å². The summed E-state index contributed by atoms with van der Waals surface area (Å²) in [6, 6.07) is 40.4. The first-order valence-electron chi connectivity index (χ1n) is 10.3. The van der Waals surface area contributed by atoms with Crippen LogP contribution in [0.1, 0.15) is 13.3 Å². The van der Waals surface area contributed by atoms with Crippen LogP contribution in [0.5, 0.6) is 0 Å². The van der Waals surface area contributed by atoms with E-state index in [4.69, 9.17) is 5.73 Å². The average Bonchev–Trinajstić information content (AvgIpc) is 3.20. The number of halogens is 2. The molecule has 0 aliphatic heterocycles. The molecule has 5 aromatic carbocycles. The fourth-order valence-corrected chi connectivity index (χ4v) is 4.17. The first-order chi connectivity index (χ1) is 15.2. The molecule has 0 bridgehead atoms. The van der Waals surface area contributed by atoms with E-state index in [9.17, 15) is 4.79 Å². The van der Waals surface area contributed by atoms with Crippen molar-refractivity contribution < 1.29 is 55.5 Å². The number of carbonyl (C=O) groups is 1. The van der Waals surface area contributed by atoms with Crippen molar-refractivity contribution in [2.24, 2.45) is 0 Å². The first kappa shape index (κ1) is 31.9. The Balaban J connectivity index is 0.000000501. The normalized spacial score (nSPS) is 9.09. The molecule has 0 unspecified atom stereocenters. The zero-order valence-electron chi connectivity index (χ0n) is 18.8. The summed E-state index contributed by atoms with van der Waals surface area (Å²) >= 11 is 0. The van der Waals surface area contributed by atoms with Crippen molar-refractivity contribution in [2.75, 3.05) is 0 Å². The number of amides is 1. The van der Waals surface area contributed by atoms with Crippen LogP contribution in [-0.2, 0) is 30.6 Å². The minimum atomic E-state index is -0.495. The van der Waals surface area contributed by atoms with Crippen molar-refractivity contribution >= 4 is 47.3 Å². The van der Waals surface area contributed by atoms with Crippen molar-refractivity contribution in [3.8, 4) is 0 Å². The summed E-state index contributed by atoms with van der Waals surface area (Å²) in [6.45, 7) is 1.66. The molecule has 0 saturated carbocycles. The number of benzene rings is 4. The molecule has 0 atom stereocenters. The van der Waals surface area contributed by atoms with E-state index in [1.54, 1.807) is 6.92 Å². The first-order valence-corrected chi connectivity index (χ1v) is 11.3. The van der Waals surface area contributed by atoms with Gasteiger partial charge in [0.1, 0.15) is 9.52 Å². The van der Waals surface area contributed by atoms with Gasteiger partial charge in [0.15, 0.2) is 0 Å². The molecule has 5 aromatic rings. The summed E-state index contributed by atoms with van der Waals surface area (Å²) in [6.07, 6.45) is 0.333. The molecule has 2 nitrogen and oxygen atoms in total. The van der Waals surface area contributed by atoms with Gasteiger partial charge in [-0.1, -0.05) is 114 Å². The molecular formula is C28H25Cl2HfNOSi. The van der Waals surface area contributed by atoms with Crippen molar-refractivity contribution in [1.82, 2.24) is 0 Å². The van der Waals surface area contributed by atoms with E-state index in [1.165, 1.54) is 31.9 Å².